The van der Waals surface area contributed by atoms with Gasteiger partial charge in [0.2, 0.25) is 0 Å². The van der Waals surface area contributed by atoms with Crippen molar-refractivity contribution < 1.29 is 19.1 Å². The Morgan fingerprint density at radius 1 is 1.21 bits per heavy atom. The number of aromatic nitrogens is 2. The first-order chi connectivity index (χ1) is 16.5. The molecule has 34 heavy (non-hydrogen) atoms. The van der Waals surface area contributed by atoms with Crippen molar-refractivity contribution in [3.05, 3.63) is 83.2 Å². The summed E-state index contributed by atoms with van der Waals surface area (Å²) in [6.07, 6.45) is 7.47. The number of piperidine rings is 1. The quantitative estimate of drug-likeness (QED) is 0.521. The molecule has 1 aliphatic heterocycles. The molecule has 178 valence electrons. The van der Waals surface area contributed by atoms with Crippen molar-refractivity contribution >= 4 is 11.9 Å². The van der Waals surface area contributed by atoms with Crippen molar-refractivity contribution in [1.82, 2.24) is 14.5 Å². The van der Waals surface area contributed by atoms with Crippen molar-refractivity contribution in [2.75, 3.05) is 27.4 Å². The fourth-order valence-corrected chi connectivity index (χ4v) is 4.30. The van der Waals surface area contributed by atoms with Gasteiger partial charge in [0, 0.05) is 12.7 Å². The number of halogens is 1. The molecule has 7 nitrogen and oxygen atoms in total. The van der Waals surface area contributed by atoms with Gasteiger partial charge in [0.05, 0.1) is 37.5 Å². The second kappa shape index (κ2) is 10.5. The highest BCUT2D eigenvalue weighted by molar-refractivity contribution is 6.02. The summed E-state index contributed by atoms with van der Waals surface area (Å²) in [4.78, 5) is 11.5. The molecule has 0 bridgehead atoms. The van der Waals surface area contributed by atoms with Gasteiger partial charge in [-0.05, 0) is 66.8 Å². The Labute approximate surface area is 198 Å². The van der Waals surface area contributed by atoms with Crippen molar-refractivity contribution in [2.45, 2.75) is 25.8 Å². The number of benzene rings is 2. The van der Waals surface area contributed by atoms with Crippen LogP contribution in [0.25, 0.3) is 11.8 Å². The van der Waals surface area contributed by atoms with E-state index < -0.39 is 0 Å². The molecule has 1 fully saturated rings. The topological polar surface area (TPSA) is 72.1 Å². The van der Waals surface area contributed by atoms with Crippen LogP contribution < -0.4 is 4.74 Å². The normalized spacial score (nSPS) is 17.3. The molecule has 0 spiro atoms. The van der Waals surface area contributed by atoms with E-state index in [1.807, 2.05) is 40.8 Å². The van der Waals surface area contributed by atoms with Crippen LogP contribution in [0.3, 0.4) is 0 Å². The standard InChI is InChI=1S/C26H29FN4O3/c1-18-15-30(17-28-18)23-11-6-19(14-25(23)33-2)13-21-5-4-12-31(26(21)29-34-3)24(16-32)20-7-9-22(27)10-8-20/h6-11,13-15,17,24,32H,4-5,12,16H2,1-3H3/b21-13+,29-26-. The molecule has 2 aromatic carbocycles. The maximum atomic E-state index is 13.5. The number of nitrogens with zero attached hydrogens (tertiary/aromatic N) is 4. The van der Waals surface area contributed by atoms with Crippen LogP contribution in [0.2, 0.25) is 0 Å². The second-order valence-electron chi connectivity index (χ2n) is 8.17. The minimum atomic E-state index is -0.361. The van der Waals surface area contributed by atoms with Gasteiger partial charge >= 0.3 is 0 Å². The van der Waals surface area contributed by atoms with Crippen LogP contribution in [0, 0.1) is 12.7 Å². The van der Waals surface area contributed by atoms with E-state index in [4.69, 9.17) is 9.57 Å². The van der Waals surface area contributed by atoms with Crippen LogP contribution >= 0.6 is 0 Å². The van der Waals surface area contributed by atoms with Crippen LogP contribution in [-0.4, -0.2) is 52.8 Å². The summed E-state index contributed by atoms with van der Waals surface area (Å²) in [5.74, 6) is 1.07. The lowest BCUT2D eigenvalue weighted by molar-refractivity contribution is 0.160. The number of ether oxygens (including phenoxy) is 1. The molecule has 1 N–H and O–H groups in total. The van der Waals surface area contributed by atoms with Crippen molar-refractivity contribution in [3.8, 4) is 11.4 Å². The predicted molar refractivity (Wildman–Crippen MR) is 129 cm³/mol. The largest absolute Gasteiger partial charge is 0.495 e. The zero-order chi connectivity index (χ0) is 24.1. The Morgan fingerprint density at radius 3 is 2.65 bits per heavy atom. The van der Waals surface area contributed by atoms with E-state index in [0.29, 0.717) is 12.4 Å². The van der Waals surface area contributed by atoms with Crippen LogP contribution in [0.5, 0.6) is 5.75 Å². The molecule has 2 heterocycles. The molecule has 1 aliphatic rings. The number of aliphatic hydroxyl groups is 1. The average Bonchev–Trinajstić information content (AvgIpc) is 3.28. The maximum absolute atomic E-state index is 13.5. The van der Waals surface area contributed by atoms with E-state index in [9.17, 15) is 9.50 Å². The highest BCUT2D eigenvalue weighted by Gasteiger charge is 2.29. The molecular weight excluding hydrogens is 435 g/mol. The molecular formula is C26H29FN4O3. The molecule has 3 aromatic rings. The summed E-state index contributed by atoms with van der Waals surface area (Å²) < 4.78 is 21.0. The zero-order valence-corrected chi connectivity index (χ0v) is 19.6. The summed E-state index contributed by atoms with van der Waals surface area (Å²) >= 11 is 0. The van der Waals surface area contributed by atoms with Gasteiger partial charge < -0.3 is 24.1 Å². The number of methoxy groups -OCH3 is 1. The Balaban J connectivity index is 1.68. The van der Waals surface area contributed by atoms with Crippen molar-refractivity contribution in [3.63, 3.8) is 0 Å². The molecule has 1 unspecified atom stereocenters. The highest BCUT2D eigenvalue weighted by Crippen LogP contribution is 2.31. The number of hydrogen-bond acceptors (Lipinski definition) is 5. The lowest BCUT2D eigenvalue weighted by Crippen LogP contribution is -2.41. The third kappa shape index (κ3) is 4.97. The number of rotatable bonds is 7. The monoisotopic (exact) mass is 464 g/mol. The fourth-order valence-electron chi connectivity index (χ4n) is 4.30. The van der Waals surface area contributed by atoms with E-state index in [0.717, 1.165) is 46.7 Å². The number of aryl methyl sites for hydroxylation is 1. The minimum Gasteiger partial charge on any atom is -0.495 e. The van der Waals surface area contributed by atoms with E-state index >= 15 is 0 Å². The lowest BCUT2D eigenvalue weighted by atomic mass is 9.96. The van der Waals surface area contributed by atoms with Gasteiger partial charge in [0.1, 0.15) is 18.7 Å². The molecule has 1 saturated heterocycles. The van der Waals surface area contributed by atoms with Crippen LogP contribution in [0.15, 0.2) is 65.7 Å². The summed E-state index contributed by atoms with van der Waals surface area (Å²) in [5, 5.41) is 14.5. The third-order valence-corrected chi connectivity index (χ3v) is 5.92. The fraction of sp³-hybridized carbons (Fsp3) is 0.308. The summed E-state index contributed by atoms with van der Waals surface area (Å²) in [5.41, 5.74) is 4.59. The SMILES string of the molecule is CO/N=C1/C(=C/c2ccc(-n3cnc(C)c3)c(OC)c2)CCCN1C(CO)c1ccc(F)cc1. The molecule has 0 radical (unpaired) electrons. The minimum absolute atomic E-state index is 0.130. The van der Waals surface area contributed by atoms with E-state index in [1.54, 1.807) is 25.6 Å². The molecule has 4 rings (SSSR count). The number of amidine groups is 1. The third-order valence-electron chi connectivity index (χ3n) is 5.92. The smallest absolute Gasteiger partial charge is 0.171 e. The number of hydrogen-bond donors (Lipinski definition) is 1. The number of imidazole rings is 1. The Kier molecular flexibility index (Phi) is 7.27. The number of oxime groups is 1. The molecule has 0 aliphatic carbocycles. The van der Waals surface area contributed by atoms with Crippen LogP contribution in [0.1, 0.15) is 35.7 Å². The first kappa shape index (κ1) is 23.5. The maximum Gasteiger partial charge on any atom is 0.171 e. The van der Waals surface area contributed by atoms with Crippen molar-refractivity contribution in [1.29, 1.82) is 0 Å². The zero-order valence-electron chi connectivity index (χ0n) is 19.6. The van der Waals surface area contributed by atoms with Gasteiger partial charge in [-0.1, -0.05) is 23.4 Å². The Morgan fingerprint density at radius 2 is 2.00 bits per heavy atom. The van der Waals surface area contributed by atoms with Crippen LogP contribution in [-0.2, 0) is 4.84 Å². The number of likely N-dealkylation sites (tertiary alicyclic amines) is 1. The van der Waals surface area contributed by atoms with Gasteiger partial charge in [-0.15, -0.1) is 0 Å². The molecule has 1 aromatic heterocycles. The highest BCUT2D eigenvalue weighted by atomic mass is 19.1. The van der Waals surface area contributed by atoms with Gasteiger partial charge in [0.25, 0.3) is 0 Å². The summed E-state index contributed by atoms with van der Waals surface area (Å²) in [6, 6.07) is 11.8. The first-order valence-electron chi connectivity index (χ1n) is 11.2. The van der Waals surface area contributed by atoms with Gasteiger partial charge in [-0.25, -0.2) is 9.37 Å². The van der Waals surface area contributed by atoms with Crippen LogP contribution in [0.4, 0.5) is 4.39 Å². The summed E-state index contributed by atoms with van der Waals surface area (Å²) in [7, 11) is 3.16. The molecule has 0 saturated carbocycles. The average molecular weight is 465 g/mol. The Hall–Kier alpha value is -3.65. The van der Waals surface area contributed by atoms with Gasteiger partial charge in [-0.2, -0.15) is 0 Å². The van der Waals surface area contributed by atoms with E-state index in [2.05, 4.69) is 16.2 Å². The summed E-state index contributed by atoms with van der Waals surface area (Å²) in [6.45, 7) is 2.51. The van der Waals surface area contributed by atoms with E-state index in [-0.39, 0.29) is 18.5 Å². The molecule has 0 amide bonds. The first-order valence-corrected chi connectivity index (χ1v) is 11.2. The predicted octanol–water partition coefficient (Wildman–Crippen LogP) is 4.50. The second-order valence-corrected chi connectivity index (χ2v) is 8.17. The Bertz CT molecular complexity index is 1190. The molecule has 8 heteroatoms. The number of aliphatic hydroxyl groups excluding tert-OH is 1. The molecule has 1 atom stereocenters. The van der Waals surface area contributed by atoms with Gasteiger partial charge in [-0.3, -0.25) is 0 Å². The lowest BCUT2D eigenvalue weighted by Gasteiger charge is -2.37. The van der Waals surface area contributed by atoms with E-state index in [1.165, 1.54) is 19.2 Å². The van der Waals surface area contributed by atoms with Crippen molar-refractivity contribution in [2.24, 2.45) is 5.16 Å². The van der Waals surface area contributed by atoms with Gasteiger partial charge in [0.15, 0.2) is 5.84 Å².